The number of ether oxygens (including phenoxy) is 1. The number of hydrogen-bond acceptors (Lipinski definition) is 2. The molecule has 1 unspecified atom stereocenters. The molecule has 0 aliphatic heterocycles. The van der Waals surface area contributed by atoms with Gasteiger partial charge in [-0.2, -0.15) is 0 Å². The third-order valence-corrected chi connectivity index (χ3v) is 3.99. The lowest BCUT2D eigenvalue weighted by Gasteiger charge is -2.42. The number of methoxy groups -OCH3 is 1. The average molecular weight is 225 g/mol. The number of likely N-dealkylation sites (N-methyl/N-ethyl adjacent to an activating group) is 1. The summed E-state index contributed by atoms with van der Waals surface area (Å²) in [7, 11) is 3.94. The van der Waals surface area contributed by atoms with E-state index in [-0.39, 0.29) is 5.60 Å². The van der Waals surface area contributed by atoms with Gasteiger partial charge >= 0.3 is 0 Å². The number of hydrogen-bond donors (Lipinski definition) is 1. The Bertz CT molecular complexity index is 197. The molecule has 1 fully saturated rings. The highest BCUT2D eigenvalue weighted by molar-refractivity contribution is 4.94. The summed E-state index contributed by atoms with van der Waals surface area (Å²) < 4.78 is 5.87. The Kier molecular flexibility index (Phi) is 6.07. The zero-order valence-corrected chi connectivity index (χ0v) is 10.9. The second-order valence-electron chi connectivity index (χ2n) is 4.89. The Morgan fingerprint density at radius 1 is 1.38 bits per heavy atom. The van der Waals surface area contributed by atoms with Gasteiger partial charge in [0.05, 0.1) is 5.60 Å². The van der Waals surface area contributed by atoms with E-state index in [1.54, 1.807) is 0 Å². The van der Waals surface area contributed by atoms with Crippen LogP contribution in [0.1, 0.15) is 51.4 Å². The number of allylic oxidation sites excluding steroid dienone is 1. The molecule has 0 amide bonds. The minimum Gasteiger partial charge on any atom is -0.377 e. The molecule has 0 radical (unpaired) electrons. The normalized spacial score (nSPS) is 21.6. The van der Waals surface area contributed by atoms with E-state index in [1.807, 2.05) is 13.2 Å². The molecule has 1 atom stereocenters. The average Bonchev–Trinajstić information content (AvgIpc) is 2.35. The van der Waals surface area contributed by atoms with Crippen LogP contribution in [0.2, 0.25) is 0 Å². The van der Waals surface area contributed by atoms with Crippen LogP contribution in [0.4, 0.5) is 0 Å². The minimum absolute atomic E-state index is 0.0914. The van der Waals surface area contributed by atoms with Crippen molar-refractivity contribution in [2.24, 2.45) is 0 Å². The van der Waals surface area contributed by atoms with Gasteiger partial charge in [0, 0.05) is 13.2 Å². The molecule has 2 heteroatoms. The lowest BCUT2D eigenvalue weighted by atomic mass is 9.77. The van der Waals surface area contributed by atoms with Crippen molar-refractivity contribution in [2.45, 2.75) is 63.0 Å². The van der Waals surface area contributed by atoms with E-state index in [4.69, 9.17) is 4.74 Å². The van der Waals surface area contributed by atoms with E-state index in [0.29, 0.717) is 6.04 Å². The van der Waals surface area contributed by atoms with Crippen molar-refractivity contribution in [3.05, 3.63) is 12.7 Å². The summed E-state index contributed by atoms with van der Waals surface area (Å²) in [5.74, 6) is 0. The summed E-state index contributed by atoms with van der Waals surface area (Å²) in [6.45, 7) is 3.78. The Morgan fingerprint density at radius 2 is 2.06 bits per heavy atom. The lowest BCUT2D eigenvalue weighted by Crippen LogP contribution is -2.52. The summed E-state index contributed by atoms with van der Waals surface area (Å²) >= 11 is 0. The van der Waals surface area contributed by atoms with E-state index in [1.165, 1.54) is 44.9 Å². The van der Waals surface area contributed by atoms with Crippen LogP contribution in [0.3, 0.4) is 0 Å². The predicted molar refractivity (Wildman–Crippen MR) is 69.7 cm³/mol. The largest absolute Gasteiger partial charge is 0.377 e. The highest BCUT2D eigenvalue weighted by atomic mass is 16.5. The standard InChI is InChI=1S/C14H27NO/c1-4-5-7-10-13(15-2)14(16-3)11-8-6-9-12-14/h4,13,15H,1,5-12H2,2-3H3. The molecule has 0 aromatic carbocycles. The van der Waals surface area contributed by atoms with E-state index in [2.05, 4.69) is 18.9 Å². The van der Waals surface area contributed by atoms with Gasteiger partial charge in [0.25, 0.3) is 0 Å². The fourth-order valence-electron chi connectivity index (χ4n) is 2.98. The van der Waals surface area contributed by atoms with Gasteiger partial charge in [-0.1, -0.05) is 25.3 Å². The van der Waals surface area contributed by atoms with E-state index in [9.17, 15) is 0 Å². The molecular formula is C14H27NO. The van der Waals surface area contributed by atoms with E-state index in [0.717, 1.165) is 6.42 Å². The first-order valence-electron chi connectivity index (χ1n) is 6.62. The zero-order valence-electron chi connectivity index (χ0n) is 10.9. The van der Waals surface area contributed by atoms with Crippen LogP contribution in [0.5, 0.6) is 0 Å². The van der Waals surface area contributed by atoms with Crippen molar-refractivity contribution in [1.29, 1.82) is 0 Å². The summed E-state index contributed by atoms with van der Waals surface area (Å²) in [6, 6.07) is 0.498. The topological polar surface area (TPSA) is 21.3 Å². The maximum atomic E-state index is 5.87. The number of unbranched alkanes of at least 4 members (excludes halogenated alkanes) is 1. The second-order valence-corrected chi connectivity index (χ2v) is 4.89. The van der Waals surface area contributed by atoms with Crippen molar-refractivity contribution < 1.29 is 4.74 Å². The SMILES string of the molecule is C=CCCCC(NC)C1(OC)CCCCC1. The van der Waals surface area contributed by atoms with Gasteiger partial charge < -0.3 is 10.1 Å². The highest BCUT2D eigenvalue weighted by Gasteiger charge is 2.38. The molecule has 16 heavy (non-hydrogen) atoms. The Morgan fingerprint density at radius 3 is 2.56 bits per heavy atom. The van der Waals surface area contributed by atoms with Gasteiger partial charge in [-0.25, -0.2) is 0 Å². The van der Waals surface area contributed by atoms with Crippen molar-refractivity contribution in [3.63, 3.8) is 0 Å². The summed E-state index contributed by atoms with van der Waals surface area (Å²) in [5, 5.41) is 3.46. The van der Waals surface area contributed by atoms with E-state index < -0.39 is 0 Å². The smallest absolute Gasteiger partial charge is 0.0830 e. The first-order valence-corrected chi connectivity index (χ1v) is 6.62. The molecule has 1 aliphatic rings. The fraction of sp³-hybridized carbons (Fsp3) is 0.857. The molecule has 0 bridgehead atoms. The molecule has 2 nitrogen and oxygen atoms in total. The Balaban J connectivity index is 2.54. The predicted octanol–water partition coefficient (Wildman–Crippen LogP) is 3.28. The molecule has 94 valence electrons. The minimum atomic E-state index is 0.0914. The fourth-order valence-corrected chi connectivity index (χ4v) is 2.98. The molecular weight excluding hydrogens is 198 g/mol. The number of nitrogens with one attached hydrogen (secondary N) is 1. The van der Waals surface area contributed by atoms with Crippen LogP contribution in [0, 0.1) is 0 Å². The molecule has 0 aromatic heterocycles. The maximum absolute atomic E-state index is 5.87. The van der Waals surface area contributed by atoms with Gasteiger partial charge in [-0.3, -0.25) is 0 Å². The lowest BCUT2D eigenvalue weighted by molar-refractivity contribution is -0.0679. The van der Waals surface area contributed by atoms with Crippen LogP contribution in [0.15, 0.2) is 12.7 Å². The van der Waals surface area contributed by atoms with Crippen LogP contribution >= 0.6 is 0 Å². The molecule has 1 rings (SSSR count). The highest BCUT2D eigenvalue weighted by Crippen LogP contribution is 2.35. The van der Waals surface area contributed by atoms with Gasteiger partial charge in [0.15, 0.2) is 0 Å². The van der Waals surface area contributed by atoms with Gasteiger partial charge in [0.2, 0.25) is 0 Å². The van der Waals surface area contributed by atoms with Crippen LogP contribution in [0.25, 0.3) is 0 Å². The molecule has 0 saturated heterocycles. The molecule has 1 N–H and O–H groups in total. The quantitative estimate of drug-likeness (QED) is 0.530. The third-order valence-electron chi connectivity index (χ3n) is 3.99. The molecule has 0 aromatic rings. The van der Waals surface area contributed by atoms with Crippen molar-refractivity contribution >= 4 is 0 Å². The summed E-state index contributed by atoms with van der Waals surface area (Å²) in [5.41, 5.74) is 0.0914. The summed E-state index contributed by atoms with van der Waals surface area (Å²) in [4.78, 5) is 0. The molecule has 0 heterocycles. The Labute approximate surface area is 100 Å². The third kappa shape index (κ3) is 3.33. The number of rotatable bonds is 7. The zero-order chi connectivity index (χ0) is 11.9. The molecule has 0 spiro atoms. The van der Waals surface area contributed by atoms with Crippen LogP contribution in [-0.4, -0.2) is 25.8 Å². The van der Waals surface area contributed by atoms with Crippen molar-refractivity contribution in [3.8, 4) is 0 Å². The molecule has 1 saturated carbocycles. The Hall–Kier alpha value is -0.340. The van der Waals surface area contributed by atoms with Crippen LogP contribution in [-0.2, 0) is 4.74 Å². The maximum Gasteiger partial charge on any atom is 0.0830 e. The van der Waals surface area contributed by atoms with Crippen molar-refractivity contribution in [1.82, 2.24) is 5.32 Å². The van der Waals surface area contributed by atoms with Gasteiger partial charge in [0.1, 0.15) is 0 Å². The monoisotopic (exact) mass is 225 g/mol. The van der Waals surface area contributed by atoms with Gasteiger partial charge in [-0.15, -0.1) is 6.58 Å². The second kappa shape index (κ2) is 7.08. The first-order chi connectivity index (χ1) is 7.79. The van der Waals surface area contributed by atoms with Gasteiger partial charge in [-0.05, 0) is 39.2 Å². The first kappa shape index (κ1) is 13.7. The van der Waals surface area contributed by atoms with Crippen molar-refractivity contribution in [2.75, 3.05) is 14.2 Å². The van der Waals surface area contributed by atoms with E-state index >= 15 is 0 Å². The molecule has 1 aliphatic carbocycles. The van der Waals surface area contributed by atoms with Crippen LogP contribution < -0.4 is 5.32 Å². The summed E-state index contributed by atoms with van der Waals surface area (Å²) in [6.07, 6.45) is 11.9.